The van der Waals surface area contributed by atoms with E-state index >= 15 is 0 Å². The van der Waals surface area contributed by atoms with Crippen LogP contribution in [0.2, 0.25) is 0 Å². The van der Waals surface area contributed by atoms with Crippen molar-refractivity contribution >= 4 is 11.8 Å². The van der Waals surface area contributed by atoms with Gasteiger partial charge in [-0.1, -0.05) is 44.2 Å². The molecule has 1 aromatic heterocycles. The van der Waals surface area contributed by atoms with Gasteiger partial charge >= 0.3 is 6.03 Å². The fourth-order valence-electron chi connectivity index (χ4n) is 2.33. The smallest absolute Gasteiger partial charge is 0.320 e. The number of nitrogens with one attached hydrogen (secondary N) is 2. The highest BCUT2D eigenvalue weighted by Gasteiger charge is 2.18. The predicted octanol–water partition coefficient (Wildman–Crippen LogP) is 3.05. The highest BCUT2D eigenvalue weighted by molar-refractivity contribution is 5.88. The number of amides is 2. The molecule has 0 aliphatic rings. The first-order valence-corrected chi connectivity index (χ1v) is 7.75. The van der Waals surface area contributed by atoms with Gasteiger partial charge in [0.05, 0.1) is 19.2 Å². The molecule has 0 spiro atoms. The Labute approximate surface area is 136 Å². The molecular formula is C17H24N4O2. The first kappa shape index (κ1) is 17.0. The van der Waals surface area contributed by atoms with E-state index in [2.05, 4.69) is 29.6 Å². The quantitative estimate of drug-likeness (QED) is 0.825. The molecule has 124 valence electrons. The summed E-state index contributed by atoms with van der Waals surface area (Å²) in [6, 6.07) is 11.4. The number of carbonyl (C=O) groups is 1. The minimum absolute atomic E-state index is 0.0493. The van der Waals surface area contributed by atoms with Crippen LogP contribution in [0.5, 0.6) is 0 Å². The Morgan fingerprint density at radius 1 is 1.26 bits per heavy atom. The highest BCUT2D eigenvalue weighted by atomic mass is 16.5. The lowest BCUT2D eigenvalue weighted by Crippen LogP contribution is -2.35. The number of hydrogen-bond acceptors (Lipinski definition) is 3. The number of benzene rings is 1. The lowest BCUT2D eigenvalue weighted by molar-refractivity contribution is 0.183. The van der Waals surface area contributed by atoms with Crippen LogP contribution in [0.4, 0.5) is 10.6 Å². The summed E-state index contributed by atoms with van der Waals surface area (Å²) >= 11 is 0. The Morgan fingerprint density at radius 2 is 2.00 bits per heavy atom. The van der Waals surface area contributed by atoms with E-state index in [-0.39, 0.29) is 18.0 Å². The summed E-state index contributed by atoms with van der Waals surface area (Å²) in [5.41, 5.74) is 1.09. The molecule has 0 aliphatic carbocycles. The zero-order chi connectivity index (χ0) is 16.7. The van der Waals surface area contributed by atoms with Gasteiger partial charge in [0.25, 0.3) is 0 Å². The van der Waals surface area contributed by atoms with Gasteiger partial charge in [0.15, 0.2) is 5.82 Å². The Morgan fingerprint density at radius 3 is 2.65 bits per heavy atom. The summed E-state index contributed by atoms with van der Waals surface area (Å²) in [7, 11) is 1.64. The minimum atomic E-state index is -0.260. The summed E-state index contributed by atoms with van der Waals surface area (Å²) in [5.74, 6) is 0.802. The Balaban J connectivity index is 1.95. The van der Waals surface area contributed by atoms with Crippen LogP contribution in [0.15, 0.2) is 42.6 Å². The van der Waals surface area contributed by atoms with Gasteiger partial charge < -0.3 is 10.1 Å². The monoisotopic (exact) mass is 316 g/mol. The van der Waals surface area contributed by atoms with Crippen LogP contribution < -0.4 is 10.6 Å². The largest absolute Gasteiger partial charge is 0.383 e. The lowest BCUT2D eigenvalue weighted by Gasteiger charge is -2.22. The van der Waals surface area contributed by atoms with E-state index in [0.717, 1.165) is 5.56 Å². The Kier molecular flexibility index (Phi) is 6.17. The summed E-state index contributed by atoms with van der Waals surface area (Å²) < 4.78 is 6.74. The molecule has 23 heavy (non-hydrogen) atoms. The van der Waals surface area contributed by atoms with E-state index in [4.69, 9.17) is 4.74 Å². The van der Waals surface area contributed by atoms with Crippen molar-refractivity contribution in [3.8, 4) is 0 Å². The average Bonchev–Trinajstić information content (AvgIpc) is 2.98. The van der Waals surface area contributed by atoms with Crippen LogP contribution >= 0.6 is 0 Å². The van der Waals surface area contributed by atoms with E-state index in [1.165, 1.54) is 0 Å². The summed E-state index contributed by atoms with van der Waals surface area (Å²) in [4.78, 5) is 12.2. The number of urea groups is 1. The second kappa shape index (κ2) is 8.33. The molecule has 1 heterocycles. The molecule has 0 radical (unpaired) electrons. The first-order valence-electron chi connectivity index (χ1n) is 7.75. The van der Waals surface area contributed by atoms with Gasteiger partial charge in [-0.3, -0.25) is 10.00 Å². The van der Waals surface area contributed by atoms with Gasteiger partial charge in [-0.15, -0.1) is 0 Å². The number of hydrogen-bond donors (Lipinski definition) is 2. The number of anilines is 1. The molecule has 2 rings (SSSR count). The molecule has 0 saturated carbocycles. The zero-order valence-electron chi connectivity index (χ0n) is 13.8. The first-order chi connectivity index (χ1) is 11.1. The van der Waals surface area contributed by atoms with Crippen LogP contribution in [-0.4, -0.2) is 29.5 Å². The minimum Gasteiger partial charge on any atom is -0.383 e. The zero-order valence-corrected chi connectivity index (χ0v) is 13.8. The standard InChI is InChI=1S/C17H24N4O2/c1-13(2)16(14-7-5-4-6-8-14)19-17(22)18-15-9-10-21(20-15)11-12-23-3/h4-10,13,16H,11-12H2,1-3H3,(H2,18,19,20,22). The maximum atomic E-state index is 12.2. The third kappa shape index (κ3) is 5.10. The number of carbonyl (C=O) groups excluding carboxylic acids is 1. The van der Waals surface area contributed by atoms with Crippen molar-refractivity contribution in [3.63, 3.8) is 0 Å². The molecule has 1 atom stereocenters. The predicted molar refractivity (Wildman–Crippen MR) is 90.3 cm³/mol. The van der Waals surface area contributed by atoms with E-state index in [0.29, 0.717) is 19.0 Å². The fourth-order valence-corrected chi connectivity index (χ4v) is 2.33. The van der Waals surface area contributed by atoms with Gasteiger partial charge in [-0.25, -0.2) is 4.79 Å². The van der Waals surface area contributed by atoms with Gasteiger partial charge in [0.1, 0.15) is 0 Å². The number of methoxy groups -OCH3 is 1. The summed E-state index contributed by atoms with van der Waals surface area (Å²) in [6.07, 6.45) is 1.81. The summed E-state index contributed by atoms with van der Waals surface area (Å²) in [5, 5.41) is 10.1. The number of nitrogens with zero attached hydrogens (tertiary/aromatic N) is 2. The third-order valence-electron chi connectivity index (χ3n) is 3.52. The molecule has 2 aromatic rings. The van der Waals surface area contributed by atoms with Crippen LogP contribution in [0, 0.1) is 5.92 Å². The molecule has 2 amide bonds. The molecule has 6 nitrogen and oxygen atoms in total. The fraction of sp³-hybridized carbons (Fsp3) is 0.412. The Bertz CT molecular complexity index is 610. The van der Waals surface area contributed by atoms with E-state index < -0.39 is 0 Å². The number of aromatic nitrogens is 2. The van der Waals surface area contributed by atoms with Gasteiger partial charge in [0.2, 0.25) is 0 Å². The number of rotatable bonds is 7. The molecular weight excluding hydrogens is 292 g/mol. The lowest BCUT2D eigenvalue weighted by atomic mass is 9.96. The third-order valence-corrected chi connectivity index (χ3v) is 3.52. The van der Waals surface area contributed by atoms with Crippen molar-refractivity contribution in [1.82, 2.24) is 15.1 Å². The van der Waals surface area contributed by atoms with Gasteiger partial charge in [-0.05, 0) is 11.5 Å². The van der Waals surface area contributed by atoms with Crippen molar-refractivity contribution < 1.29 is 9.53 Å². The van der Waals surface area contributed by atoms with Crippen molar-refractivity contribution in [2.45, 2.75) is 26.4 Å². The SMILES string of the molecule is COCCn1ccc(NC(=O)NC(c2ccccc2)C(C)C)n1. The van der Waals surface area contributed by atoms with Gasteiger partial charge in [-0.2, -0.15) is 5.10 Å². The van der Waals surface area contributed by atoms with Crippen LogP contribution in [0.1, 0.15) is 25.5 Å². The van der Waals surface area contributed by atoms with Crippen LogP contribution in [0.25, 0.3) is 0 Å². The average molecular weight is 316 g/mol. The molecule has 0 aliphatic heterocycles. The Hall–Kier alpha value is -2.34. The van der Waals surface area contributed by atoms with Crippen LogP contribution in [-0.2, 0) is 11.3 Å². The normalized spacial score (nSPS) is 12.2. The highest BCUT2D eigenvalue weighted by Crippen LogP contribution is 2.21. The molecule has 0 bridgehead atoms. The number of ether oxygens (including phenoxy) is 1. The van der Waals surface area contributed by atoms with Crippen molar-refractivity contribution in [3.05, 3.63) is 48.2 Å². The van der Waals surface area contributed by atoms with Gasteiger partial charge in [0, 0.05) is 19.4 Å². The second-order valence-corrected chi connectivity index (χ2v) is 5.69. The maximum absolute atomic E-state index is 12.2. The molecule has 6 heteroatoms. The molecule has 1 unspecified atom stereocenters. The summed E-state index contributed by atoms with van der Waals surface area (Å²) in [6.45, 7) is 5.39. The molecule has 1 aromatic carbocycles. The molecule has 0 fully saturated rings. The van der Waals surface area contributed by atoms with E-state index in [9.17, 15) is 4.79 Å². The maximum Gasteiger partial charge on any atom is 0.320 e. The van der Waals surface area contributed by atoms with Crippen molar-refractivity contribution in [2.24, 2.45) is 5.92 Å². The van der Waals surface area contributed by atoms with Crippen molar-refractivity contribution in [1.29, 1.82) is 0 Å². The second-order valence-electron chi connectivity index (χ2n) is 5.69. The topological polar surface area (TPSA) is 68.2 Å². The van der Waals surface area contributed by atoms with E-state index in [1.54, 1.807) is 17.9 Å². The van der Waals surface area contributed by atoms with Crippen molar-refractivity contribution in [2.75, 3.05) is 19.0 Å². The van der Waals surface area contributed by atoms with Crippen LogP contribution in [0.3, 0.4) is 0 Å². The molecule has 0 saturated heterocycles. The van der Waals surface area contributed by atoms with E-state index in [1.807, 2.05) is 36.5 Å². The molecule has 2 N–H and O–H groups in total.